The Morgan fingerprint density at radius 3 is 2.65 bits per heavy atom. The first-order valence-corrected chi connectivity index (χ1v) is 7.15. The molecule has 2 heterocycles. The average Bonchev–Trinajstić information content (AvgIpc) is 2.91. The summed E-state index contributed by atoms with van der Waals surface area (Å²) in [7, 11) is 0. The summed E-state index contributed by atoms with van der Waals surface area (Å²) in [6, 6.07) is -0.953. The van der Waals surface area contributed by atoms with Gasteiger partial charge in [0.25, 0.3) is 5.91 Å². The van der Waals surface area contributed by atoms with E-state index in [-0.39, 0.29) is 17.7 Å². The molecule has 2 rings (SSSR count). The highest BCUT2D eigenvalue weighted by atomic mass is 16.2. The van der Waals surface area contributed by atoms with Crippen LogP contribution >= 0.6 is 0 Å². The van der Waals surface area contributed by atoms with Gasteiger partial charge in [0, 0.05) is 12.7 Å². The van der Waals surface area contributed by atoms with Crippen molar-refractivity contribution in [2.24, 2.45) is 5.92 Å². The molecular formula is C14H22N4O2. The van der Waals surface area contributed by atoms with E-state index in [2.05, 4.69) is 10.4 Å². The van der Waals surface area contributed by atoms with E-state index in [9.17, 15) is 9.59 Å². The zero-order valence-corrected chi connectivity index (χ0v) is 12.5. The van der Waals surface area contributed by atoms with Crippen molar-refractivity contribution in [3.05, 3.63) is 12.4 Å². The molecule has 1 aliphatic heterocycles. The predicted octanol–water partition coefficient (Wildman–Crippen LogP) is 1.17. The molecule has 1 saturated heterocycles. The molecule has 1 aromatic rings. The maximum Gasteiger partial charge on any atom is 0.250 e. The van der Waals surface area contributed by atoms with Crippen molar-refractivity contribution in [3.63, 3.8) is 0 Å². The van der Waals surface area contributed by atoms with E-state index in [1.54, 1.807) is 28.9 Å². The van der Waals surface area contributed by atoms with Crippen molar-refractivity contribution in [1.82, 2.24) is 15.1 Å². The maximum atomic E-state index is 12.7. The molecule has 1 aliphatic rings. The van der Waals surface area contributed by atoms with Crippen molar-refractivity contribution in [3.8, 4) is 0 Å². The van der Waals surface area contributed by atoms with E-state index in [1.165, 1.54) is 0 Å². The number of piperazine rings is 1. The van der Waals surface area contributed by atoms with E-state index in [1.807, 2.05) is 20.8 Å². The number of hydrogen-bond donors (Lipinski definition) is 1. The Morgan fingerprint density at radius 2 is 2.10 bits per heavy atom. The first-order valence-electron chi connectivity index (χ1n) is 7.15. The molecule has 1 fully saturated rings. The minimum Gasteiger partial charge on any atom is -0.342 e. The number of anilines is 1. The molecule has 2 amide bonds. The molecule has 6 nitrogen and oxygen atoms in total. The van der Waals surface area contributed by atoms with Gasteiger partial charge in [-0.1, -0.05) is 20.3 Å². The lowest BCUT2D eigenvalue weighted by molar-refractivity contribution is -0.134. The van der Waals surface area contributed by atoms with Crippen LogP contribution in [0.15, 0.2) is 12.4 Å². The Balaban J connectivity index is 2.33. The lowest BCUT2D eigenvalue weighted by Gasteiger charge is -2.38. The average molecular weight is 278 g/mol. The third-order valence-corrected chi connectivity index (χ3v) is 4.00. The van der Waals surface area contributed by atoms with E-state index < -0.39 is 12.1 Å². The van der Waals surface area contributed by atoms with Crippen LogP contribution in [-0.4, -0.2) is 33.7 Å². The summed E-state index contributed by atoms with van der Waals surface area (Å²) in [6.07, 6.45) is 4.29. The smallest absolute Gasteiger partial charge is 0.250 e. The predicted molar refractivity (Wildman–Crippen MR) is 76.2 cm³/mol. The summed E-state index contributed by atoms with van der Waals surface area (Å²) >= 11 is 0. The SMILES string of the molecule is CCC(C)C1NC(=O)C(C)N(c2cnn(CC)c2)C1=O. The normalized spacial score (nSPS) is 24.7. The van der Waals surface area contributed by atoms with Gasteiger partial charge in [0.15, 0.2) is 0 Å². The number of rotatable bonds is 4. The third kappa shape index (κ3) is 2.42. The van der Waals surface area contributed by atoms with Crippen LogP contribution in [0.25, 0.3) is 0 Å². The quantitative estimate of drug-likeness (QED) is 0.899. The number of aromatic nitrogens is 2. The third-order valence-electron chi connectivity index (χ3n) is 4.00. The Labute approximate surface area is 119 Å². The van der Waals surface area contributed by atoms with E-state index in [0.717, 1.165) is 13.0 Å². The molecule has 0 bridgehead atoms. The van der Waals surface area contributed by atoms with Crippen LogP contribution in [0.2, 0.25) is 0 Å². The molecule has 3 atom stereocenters. The van der Waals surface area contributed by atoms with Gasteiger partial charge < -0.3 is 5.32 Å². The summed E-state index contributed by atoms with van der Waals surface area (Å²) in [5, 5.41) is 7.01. The van der Waals surface area contributed by atoms with E-state index >= 15 is 0 Å². The second-order valence-electron chi connectivity index (χ2n) is 5.31. The molecule has 3 unspecified atom stereocenters. The Bertz CT molecular complexity index is 511. The fourth-order valence-electron chi connectivity index (χ4n) is 2.42. The highest BCUT2D eigenvalue weighted by molar-refractivity contribution is 6.08. The van der Waals surface area contributed by atoms with Gasteiger partial charge in [-0.3, -0.25) is 19.2 Å². The lowest BCUT2D eigenvalue weighted by Crippen LogP contribution is -2.64. The number of hydrogen-bond acceptors (Lipinski definition) is 3. The van der Waals surface area contributed by atoms with Crippen molar-refractivity contribution >= 4 is 17.5 Å². The molecule has 0 aliphatic carbocycles. The summed E-state index contributed by atoms with van der Waals surface area (Å²) in [6.45, 7) is 8.45. The summed E-state index contributed by atoms with van der Waals surface area (Å²) < 4.78 is 1.75. The first-order chi connectivity index (χ1) is 9.49. The Hall–Kier alpha value is -1.85. The number of aryl methyl sites for hydroxylation is 1. The highest BCUT2D eigenvalue weighted by Crippen LogP contribution is 2.24. The van der Waals surface area contributed by atoms with Crippen molar-refractivity contribution < 1.29 is 9.59 Å². The summed E-state index contributed by atoms with van der Waals surface area (Å²) in [5.41, 5.74) is 0.688. The van der Waals surface area contributed by atoms with Crippen molar-refractivity contribution in [2.75, 3.05) is 4.90 Å². The monoisotopic (exact) mass is 278 g/mol. The van der Waals surface area contributed by atoms with Gasteiger partial charge in [0.1, 0.15) is 12.1 Å². The molecule has 0 saturated carbocycles. The standard InChI is InChI=1S/C14H22N4O2/c1-5-9(3)12-14(20)18(10(4)13(19)16-12)11-7-15-17(6-2)8-11/h7-10,12H,5-6H2,1-4H3,(H,16,19). The molecule has 0 spiro atoms. The fourth-order valence-corrected chi connectivity index (χ4v) is 2.42. The molecule has 110 valence electrons. The first kappa shape index (κ1) is 14.6. The van der Waals surface area contributed by atoms with Crippen LogP contribution in [-0.2, 0) is 16.1 Å². The molecular weight excluding hydrogens is 256 g/mol. The van der Waals surface area contributed by atoms with Crippen LogP contribution in [0.5, 0.6) is 0 Å². The van der Waals surface area contributed by atoms with E-state index in [4.69, 9.17) is 0 Å². The van der Waals surface area contributed by atoms with Crippen LogP contribution in [0.4, 0.5) is 5.69 Å². The van der Waals surface area contributed by atoms with Gasteiger partial charge in [-0.15, -0.1) is 0 Å². The Morgan fingerprint density at radius 1 is 1.40 bits per heavy atom. The minimum absolute atomic E-state index is 0.0536. The van der Waals surface area contributed by atoms with Crippen LogP contribution in [0.1, 0.15) is 34.1 Å². The minimum atomic E-state index is -0.502. The largest absolute Gasteiger partial charge is 0.342 e. The second kappa shape index (κ2) is 5.64. The second-order valence-corrected chi connectivity index (χ2v) is 5.31. The van der Waals surface area contributed by atoms with Gasteiger partial charge in [-0.05, 0) is 19.8 Å². The molecule has 1 aromatic heterocycles. The van der Waals surface area contributed by atoms with Crippen LogP contribution in [0, 0.1) is 5.92 Å². The van der Waals surface area contributed by atoms with Gasteiger partial charge >= 0.3 is 0 Å². The highest BCUT2D eigenvalue weighted by Gasteiger charge is 2.41. The van der Waals surface area contributed by atoms with Gasteiger partial charge in [0.2, 0.25) is 5.91 Å². The summed E-state index contributed by atoms with van der Waals surface area (Å²) in [5.74, 6) is -0.0519. The van der Waals surface area contributed by atoms with Gasteiger partial charge in [0.05, 0.1) is 11.9 Å². The number of carbonyl (C=O) groups excluding carboxylic acids is 2. The number of amides is 2. The van der Waals surface area contributed by atoms with Crippen LogP contribution < -0.4 is 10.2 Å². The zero-order chi connectivity index (χ0) is 14.9. The lowest BCUT2D eigenvalue weighted by atomic mass is 9.94. The maximum absolute atomic E-state index is 12.7. The molecule has 20 heavy (non-hydrogen) atoms. The van der Waals surface area contributed by atoms with Crippen LogP contribution in [0.3, 0.4) is 0 Å². The molecule has 6 heteroatoms. The molecule has 0 radical (unpaired) electrons. The number of nitrogens with zero attached hydrogens (tertiary/aromatic N) is 3. The topological polar surface area (TPSA) is 67.2 Å². The number of nitrogens with one attached hydrogen (secondary N) is 1. The zero-order valence-electron chi connectivity index (χ0n) is 12.5. The van der Waals surface area contributed by atoms with E-state index in [0.29, 0.717) is 5.69 Å². The fraction of sp³-hybridized carbons (Fsp3) is 0.643. The van der Waals surface area contributed by atoms with Crippen molar-refractivity contribution in [1.29, 1.82) is 0 Å². The Kier molecular flexibility index (Phi) is 4.11. The van der Waals surface area contributed by atoms with Crippen molar-refractivity contribution in [2.45, 2.75) is 52.7 Å². The summed E-state index contributed by atoms with van der Waals surface area (Å²) in [4.78, 5) is 26.3. The number of carbonyl (C=O) groups is 2. The van der Waals surface area contributed by atoms with Gasteiger partial charge in [-0.2, -0.15) is 5.10 Å². The molecule has 0 aromatic carbocycles. The molecule has 1 N–H and O–H groups in total. The van der Waals surface area contributed by atoms with Gasteiger partial charge in [-0.25, -0.2) is 0 Å².